The van der Waals surface area contributed by atoms with Crippen molar-refractivity contribution in [3.05, 3.63) is 41.0 Å². The number of hydrogen-bond acceptors (Lipinski definition) is 3. The predicted molar refractivity (Wildman–Crippen MR) is 127 cm³/mol. The quantitative estimate of drug-likeness (QED) is 0.597. The van der Waals surface area contributed by atoms with E-state index in [0.29, 0.717) is 5.75 Å². The number of aromatic hydroxyl groups is 1. The van der Waals surface area contributed by atoms with Crippen molar-refractivity contribution in [2.45, 2.75) is 71.8 Å². The van der Waals surface area contributed by atoms with E-state index in [1.54, 1.807) is 0 Å². The van der Waals surface area contributed by atoms with Gasteiger partial charge in [0.25, 0.3) is 0 Å². The normalized spacial score (nSPS) is 16.7. The first kappa shape index (κ1) is 27.3. The van der Waals surface area contributed by atoms with Crippen LogP contribution in [0.2, 0.25) is 0 Å². The van der Waals surface area contributed by atoms with Crippen molar-refractivity contribution in [3.8, 4) is 5.75 Å². The Morgan fingerprint density at radius 1 is 1.07 bits per heavy atom. The van der Waals surface area contributed by atoms with Crippen LogP contribution in [0.1, 0.15) is 77.6 Å². The van der Waals surface area contributed by atoms with Crippen LogP contribution in [0.4, 0.5) is 0 Å². The molecule has 0 aromatic heterocycles. The van der Waals surface area contributed by atoms with Gasteiger partial charge in [-0.15, -0.1) is 31.4 Å². The van der Waals surface area contributed by atoms with Crippen LogP contribution in [0.15, 0.2) is 24.3 Å². The monoisotopic (exact) mass is 430 g/mol. The van der Waals surface area contributed by atoms with Crippen LogP contribution in [0.5, 0.6) is 5.75 Å². The average Bonchev–Trinajstić information content (AvgIpc) is 2.51. The van der Waals surface area contributed by atoms with Gasteiger partial charge in [-0.1, -0.05) is 53.2 Å². The molecule has 0 saturated carbocycles. The maximum absolute atomic E-state index is 11.3. The molecule has 1 aliphatic heterocycles. The lowest BCUT2D eigenvalue weighted by molar-refractivity contribution is 0.169. The zero-order chi connectivity index (χ0) is 19.7. The van der Waals surface area contributed by atoms with Crippen molar-refractivity contribution in [2.75, 3.05) is 26.2 Å². The summed E-state index contributed by atoms with van der Waals surface area (Å²) in [7, 11) is 0. The summed E-state index contributed by atoms with van der Waals surface area (Å²) in [5, 5.41) is 14.7. The van der Waals surface area contributed by atoms with Crippen molar-refractivity contribution < 1.29 is 5.11 Å². The van der Waals surface area contributed by atoms with Crippen LogP contribution in [-0.4, -0.2) is 36.2 Å². The second-order valence-electron chi connectivity index (χ2n) is 9.92. The fraction of sp³-hybridized carbons (Fsp3) is 0.652. The highest BCUT2D eigenvalue weighted by atomic mass is 35.5. The van der Waals surface area contributed by atoms with Crippen LogP contribution < -0.4 is 5.32 Å². The number of benzene rings is 1. The highest BCUT2D eigenvalue weighted by Crippen LogP contribution is 2.42. The Labute approximate surface area is 184 Å². The van der Waals surface area contributed by atoms with Gasteiger partial charge in [0, 0.05) is 37.8 Å². The molecule has 1 heterocycles. The summed E-state index contributed by atoms with van der Waals surface area (Å²) in [6.07, 6.45) is 0.880. The standard InChI is InChI=1S/C23H38N2O.2ClH/c1-16(2)13-20(25-11-9-24-10-12-25)18-14-17(22(3,4)5)15-19(21(18)26)23(6,7)8;;/h14-15,20,24,26H,1,9-13H2,2-8H3;2*1H/t20-;;/m0../s1. The molecular formula is C23H40Cl2N2O. The van der Waals surface area contributed by atoms with Gasteiger partial charge in [0.2, 0.25) is 0 Å². The van der Waals surface area contributed by atoms with Crippen molar-refractivity contribution in [1.29, 1.82) is 0 Å². The molecule has 0 amide bonds. The van der Waals surface area contributed by atoms with Crippen molar-refractivity contribution >= 4 is 24.8 Å². The summed E-state index contributed by atoms with van der Waals surface area (Å²) < 4.78 is 0. The smallest absolute Gasteiger partial charge is 0.124 e. The number of phenols is 1. The molecule has 162 valence electrons. The molecule has 1 fully saturated rings. The molecular weight excluding hydrogens is 391 g/mol. The van der Waals surface area contributed by atoms with Gasteiger partial charge in [-0.2, -0.15) is 0 Å². The van der Waals surface area contributed by atoms with Gasteiger partial charge < -0.3 is 10.4 Å². The first-order valence-corrected chi connectivity index (χ1v) is 9.88. The fourth-order valence-corrected chi connectivity index (χ4v) is 3.68. The third-order valence-corrected chi connectivity index (χ3v) is 5.31. The highest BCUT2D eigenvalue weighted by molar-refractivity contribution is 5.85. The Bertz CT molecular complexity index is 654. The molecule has 2 N–H and O–H groups in total. The predicted octanol–water partition coefficient (Wildman–Crippen LogP) is 5.74. The molecule has 1 aliphatic rings. The average molecular weight is 431 g/mol. The molecule has 0 spiro atoms. The fourth-order valence-electron chi connectivity index (χ4n) is 3.68. The summed E-state index contributed by atoms with van der Waals surface area (Å²) in [4.78, 5) is 2.50. The molecule has 1 aromatic rings. The summed E-state index contributed by atoms with van der Waals surface area (Å²) in [6, 6.07) is 4.62. The number of halogens is 2. The lowest BCUT2D eigenvalue weighted by Gasteiger charge is -2.37. The van der Waals surface area contributed by atoms with E-state index in [-0.39, 0.29) is 41.7 Å². The van der Waals surface area contributed by atoms with E-state index in [4.69, 9.17) is 0 Å². The Balaban J connectivity index is 0.00000364. The van der Waals surface area contributed by atoms with Crippen LogP contribution in [0, 0.1) is 0 Å². The van der Waals surface area contributed by atoms with E-state index < -0.39 is 0 Å². The molecule has 1 atom stereocenters. The maximum atomic E-state index is 11.3. The second-order valence-corrected chi connectivity index (χ2v) is 9.92. The Morgan fingerprint density at radius 2 is 1.61 bits per heavy atom. The molecule has 2 rings (SSSR count). The Hall–Kier alpha value is -0.740. The minimum atomic E-state index is -0.0999. The molecule has 28 heavy (non-hydrogen) atoms. The van der Waals surface area contributed by atoms with Gasteiger partial charge in [-0.3, -0.25) is 4.90 Å². The van der Waals surface area contributed by atoms with Gasteiger partial charge in [0.05, 0.1) is 0 Å². The van der Waals surface area contributed by atoms with Crippen LogP contribution >= 0.6 is 24.8 Å². The Morgan fingerprint density at radius 3 is 2.04 bits per heavy atom. The summed E-state index contributed by atoms with van der Waals surface area (Å²) in [5.74, 6) is 0.468. The lowest BCUT2D eigenvalue weighted by Crippen LogP contribution is -2.45. The van der Waals surface area contributed by atoms with Gasteiger partial charge in [0.15, 0.2) is 0 Å². The zero-order valence-electron chi connectivity index (χ0n) is 18.7. The van der Waals surface area contributed by atoms with E-state index in [0.717, 1.165) is 49.3 Å². The lowest BCUT2D eigenvalue weighted by atomic mass is 9.77. The molecule has 0 radical (unpaired) electrons. The molecule has 0 aliphatic carbocycles. The van der Waals surface area contributed by atoms with Crippen molar-refractivity contribution in [3.63, 3.8) is 0 Å². The van der Waals surface area contributed by atoms with Crippen molar-refractivity contribution in [2.24, 2.45) is 0 Å². The number of piperazine rings is 1. The number of nitrogens with one attached hydrogen (secondary N) is 1. The largest absolute Gasteiger partial charge is 0.507 e. The molecule has 1 saturated heterocycles. The van der Waals surface area contributed by atoms with Crippen LogP contribution in [0.25, 0.3) is 0 Å². The zero-order valence-corrected chi connectivity index (χ0v) is 20.3. The highest BCUT2D eigenvalue weighted by Gasteiger charge is 2.30. The third-order valence-electron chi connectivity index (χ3n) is 5.31. The molecule has 0 bridgehead atoms. The summed E-state index contributed by atoms with van der Waals surface area (Å²) in [6.45, 7) is 23.5. The first-order valence-electron chi connectivity index (χ1n) is 9.88. The van der Waals surface area contributed by atoms with Gasteiger partial charge in [-0.05, 0) is 41.4 Å². The van der Waals surface area contributed by atoms with Crippen LogP contribution in [0.3, 0.4) is 0 Å². The molecule has 5 heteroatoms. The van der Waals surface area contributed by atoms with Gasteiger partial charge in [0.1, 0.15) is 5.75 Å². The minimum absolute atomic E-state index is 0. The molecule has 0 unspecified atom stereocenters. The van der Waals surface area contributed by atoms with E-state index >= 15 is 0 Å². The molecule has 3 nitrogen and oxygen atoms in total. The van der Waals surface area contributed by atoms with E-state index in [2.05, 4.69) is 77.4 Å². The van der Waals surface area contributed by atoms with Gasteiger partial charge in [-0.25, -0.2) is 0 Å². The second kappa shape index (κ2) is 10.3. The van der Waals surface area contributed by atoms with E-state index in [1.165, 1.54) is 5.56 Å². The topological polar surface area (TPSA) is 35.5 Å². The van der Waals surface area contributed by atoms with Gasteiger partial charge >= 0.3 is 0 Å². The number of nitrogens with zero attached hydrogens (tertiary/aromatic N) is 1. The van der Waals surface area contributed by atoms with Crippen LogP contribution in [-0.2, 0) is 10.8 Å². The third kappa shape index (κ3) is 6.66. The first-order chi connectivity index (χ1) is 11.9. The van der Waals surface area contributed by atoms with E-state index in [9.17, 15) is 5.11 Å². The Kier molecular flexibility index (Phi) is 10.1. The number of phenolic OH excluding ortho intramolecular Hbond substituents is 1. The van der Waals surface area contributed by atoms with Crippen molar-refractivity contribution in [1.82, 2.24) is 10.2 Å². The van der Waals surface area contributed by atoms with E-state index in [1.807, 2.05) is 0 Å². The summed E-state index contributed by atoms with van der Waals surface area (Å²) >= 11 is 0. The molecule has 1 aromatic carbocycles. The number of rotatable bonds is 4. The maximum Gasteiger partial charge on any atom is 0.124 e. The minimum Gasteiger partial charge on any atom is -0.507 e. The SMILES string of the molecule is C=C(C)C[C@@H](c1cc(C(C)(C)C)cc(C(C)(C)C)c1O)N1CCNCC1.Cl.Cl. The number of hydrogen-bond donors (Lipinski definition) is 2. The summed E-state index contributed by atoms with van der Waals surface area (Å²) in [5.41, 5.74) is 4.49.